The molecule has 1 aromatic rings. The number of halogens is 2. The van der Waals surface area contributed by atoms with Crippen molar-refractivity contribution in [2.75, 3.05) is 26.7 Å². The highest BCUT2D eigenvalue weighted by Crippen LogP contribution is 2.20. The van der Waals surface area contributed by atoms with E-state index in [9.17, 15) is 14.3 Å². The van der Waals surface area contributed by atoms with Gasteiger partial charge >= 0.3 is 0 Å². The maximum atomic E-state index is 13.7. The van der Waals surface area contributed by atoms with Crippen LogP contribution in [0.3, 0.4) is 0 Å². The molecule has 0 aliphatic carbocycles. The first-order valence-corrected chi connectivity index (χ1v) is 7.42. The van der Waals surface area contributed by atoms with Gasteiger partial charge in [-0.3, -0.25) is 9.69 Å². The van der Waals surface area contributed by atoms with E-state index >= 15 is 0 Å². The molecule has 21 heavy (non-hydrogen) atoms. The van der Waals surface area contributed by atoms with Crippen LogP contribution in [-0.2, 0) is 11.3 Å². The molecule has 1 saturated heterocycles. The van der Waals surface area contributed by atoms with Crippen LogP contribution in [0.15, 0.2) is 18.2 Å². The molecule has 0 bridgehead atoms. The molecule has 1 fully saturated rings. The molecule has 0 spiro atoms. The van der Waals surface area contributed by atoms with E-state index in [0.717, 1.165) is 0 Å². The number of carbonyl (C=O) groups excluding carboxylic acids is 1. The van der Waals surface area contributed by atoms with Crippen LogP contribution >= 0.6 is 11.6 Å². The van der Waals surface area contributed by atoms with Crippen molar-refractivity contribution in [3.05, 3.63) is 34.6 Å². The van der Waals surface area contributed by atoms with E-state index in [1.54, 1.807) is 29.0 Å². The summed E-state index contributed by atoms with van der Waals surface area (Å²) in [6, 6.07) is 4.57. The predicted molar refractivity (Wildman–Crippen MR) is 79.6 cm³/mol. The number of hydrogen-bond donors (Lipinski definition) is 1. The Labute approximate surface area is 129 Å². The highest BCUT2D eigenvalue weighted by molar-refractivity contribution is 6.31. The zero-order valence-electron chi connectivity index (χ0n) is 12.1. The van der Waals surface area contributed by atoms with E-state index in [1.807, 2.05) is 0 Å². The van der Waals surface area contributed by atoms with Crippen LogP contribution in [0.25, 0.3) is 0 Å². The Morgan fingerprint density at radius 1 is 1.48 bits per heavy atom. The lowest BCUT2D eigenvalue weighted by atomic mass is 10.1. The zero-order valence-corrected chi connectivity index (χ0v) is 12.8. The third-order valence-corrected chi connectivity index (χ3v) is 4.07. The molecule has 0 aromatic heterocycles. The number of hydrogen-bond acceptors (Lipinski definition) is 3. The van der Waals surface area contributed by atoms with Gasteiger partial charge in [-0.2, -0.15) is 0 Å². The Morgan fingerprint density at radius 2 is 2.14 bits per heavy atom. The van der Waals surface area contributed by atoms with Crippen molar-refractivity contribution in [2.45, 2.75) is 25.5 Å². The summed E-state index contributed by atoms with van der Waals surface area (Å²) in [6.07, 6.45) is 0.937. The van der Waals surface area contributed by atoms with Gasteiger partial charge in [0.15, 0.2) is 0 Å². The summed E-state index contributed by atoms with van der Waals surface area (Å²) in [5.74, 6) is -0.361. The molecule has 6 heteroatoms. The standard InChI is InChI=1S/C15H20ClFN2O2/c1-18(9-12-13(16)3-2-4-14(12)17)10-15(21)19-7-5-11(20)6-8-19/h2-4,11,20H,5-10H2,1H3. The Morgan fingerprint density at radius 3 is 2.76 bits per heavy atom. The van der Waals surface area contributed by atoms with E-state index in [2.05, 4.69) is 0 Å². The first-order valence-electron chi connectivity index (χ1n) is 7.04. The predicted octanol–water partition coefficient (Wildman–Crippen LogP) is 1.89. The molecule has 1 aliphatic rings. The molecule has 1 heterocycles. The number of likely N-dealkylation sites (tertiary alicyclic amines) is 1. The lowest BCUT2D eigenvalue weighted by molar-refractivity contribution is -0.134. The van der Waals surface area contributed by atoms with Gasteiger partial charge in [-0.05, 0) is 32.0 Å². The van der Waals surface area contributed by atoms with E-state index < -0.39 is 0 Å². The van der Waals surface area contributed by atoms with Gasteiger partial charge in [0.1, 0.15) is 5.82 Å². The molecule has 0 atom stereocenters. The van der Waals surface area contributed by atoms with Gasteiger partial charge in [-0.25, -0.2) is 4.39 Å². The molecule has 1 amide bonds. The van der Waals surface area contributed by atoms with Crippen molar-refractivity contribution < 1.29 is 14.3 Å². The highest BCUT2D eigenvalue weighted by Gasteiger charge is 2.22. The topological polar surface area (TPSA) is 43.8 Å². The fourth-order valence-electron chi connectivity index (χ4n) is 2.46. The summed E-state index contributed by atoms with van der Waals surface area (Å²) in [6.45, 7) is 1.65. The molecule has 1 N–H and O–H groups in total. The van der Waals surface area contributed by atoms with E-state index in [0.29, 0.717) is 36.5 Å². The maximum absolute atomic E-state index is 13.7. The number of aliphatic hydroxyl groups is 1. The number of piperidine rings is 1. The minimum absolute atomic E-state index is 0.00291. The van der Waals surface area contributed by atoms with Crippen molar-refractivity contribution in [3.63, 3.8) is 0 Å². The molecule has 1 aromatic carbocycles. The SMILES string of the molecule is CN(CC(=O)N1CCC(O)CC1)Cc1c(F)cccc1Cl. The maximum Gasteiger partial charge on any atom is 0.236 e. The van der Waals surface area contributed by atoms with Gasteiger partial charge in [-0.15, -0.1) is 0 Å². The number of carbonyl (C=O) groups is 1. The normalized spacial score (nSPS) is 16.5. The Bertz CT molecular complexity index is 484. The van der Waals surface area contributed by atoms with Crippen LogP contribution in [0.4, 0.5) is 4.39 Å². The van der Waals surface area contributed by atoms with Crippen LogP contribution in [0.5, 0.6) is 0 Å². The molecule has 0 saturated carbocycles. The number of likely N-dealkylation sites (N-methyl/N-ethyl adjacent to an activating group) is 1. The second kappa shape index (κ2) is 7.20. The molecule has 2 rings (SSSR count). The summed E-state index contributed by atoms with van der Waals surface area (Å²) in [5, 5.41) is 9.81. The molecule has 116 valence electrons. The van der Waals surface area contributed by atoms with Gasteiger partial charge in [0.25, 0.3) is 0 Å². The summed E-state index contributed by atoms with van der Waals surface area (Å²) >= 11 is 5.99. The third-order valence-electron chi connectivity index (χ3n) is 3.71. The molecule has 0 radical (unpaired) electrons. The fraction of sp³-hybridized carbons (Fsp3) is 0.533. The average Bonchev–Trinajstić information content (AvgIpc) is 2.43. The van der Waals surface area contributed by atoms with Gasteiger partial charge in [0.05, 0.1) is 12.6 Å². The number of aliphatic hydroxyl groups excluding tert-OH is 1. The number of nitrogens with zero attached hydrogens (tertiary/aromatic N) is 2. The molecular formula is C15H20ClFN2O2. The van der Waals surface area contributed by atoms with Crippen molar-refractivity contribution in [1.82, 2.24) is 9.80 Å². The van der Waals surface area contributed by atoms with Gasteiger partial charge in [-0.1, -0.05) is 17.7 Å². The Hall–Kier alpha value is -1.17. The van der Waals surface area contributed by atoms with Crippen molar-refractivity contribution in [2.24, 2.45) is 0 Å². The third kappa shape index (κ3) is 4.40. The monoisotopic (exact) mass is 314 g/mol. The Kier molecular flexibility index (Phi) is 5.56. The number of amides is 1. The quantitative estimate of drug-likeness (QED) is 0.923. The minimum Gasteiger partial charge on any atom is -0.393 e. The van der Waals surface area contributed by atoms with Crippen molar-refractivity contribution in [1.29, 1.82) is 0 Å². The van der Waals surface area contributed by atoms with Gasteiger partial charge in [0.2, 0.25) is 5.91 Å². The van der Waals surface area contributed by atoms with E-state index in [4.69, 9.17) is 11.6 Å². The van der Waals surface area contributed by atoms with Crippen LogP contribution in [0.1, 0.15) is 18.4 Å². The summed E-state index contributed by atoms with van der Waals surface area (Å²) in [5.41, 5.74) is 0.406. The average molecular weight is 315 g/mol. The fourth-order valence-corrected chi connectivity index (χ4v) is 2.68. The summed E-state index contributed by atoms with van der Waals surface area (Å²) in [7, 11) is 1.76. The van der Waals surface area contributed by atoms with Gasteiger partial charge in [0, 0.05) is 30.2 Å². The second-order valence-electron chi connectivity index (χ2n) is 5.48. The van der Waals surface area contributed by atoms with E-state index in [-0.39, 0.29) is 30.9 Å². The summed E-state index contributed by atoms with van der Waals surface area (Å²) < 4.78 is 13.7. The first-order chi connectivity index (χ1) is 9.97. The van der Waals surface area contributed by atoms with Crippen molar-refractivity contribution >= 4 is 17.5 Å². The van der Waals surface area contributed by atoms with Crippen LogP contribution in [0, 0.1) is 5.82 Å². The molecule has 1 aliphatic heterocycles. The molecular weight excluding hydrogens is 295 g/mol. The second-order valence-corrected chi connectivity index (χ2v) is 5.89. The van der Waals surface area contributed by atoms with Gasteiger partial charge < -0.3 is 10.0 Å². The number of benzene rings is 1. The zero-order chi connectivity index (χ0) is 15.4. The lowest BCUT2D eigenvalue weighted by Gasteiger charge is -2.31. The highest BCUT2D eigenvalue weighted by atomic mass is 35.5. The molecule has 0 unspecified atom stereocenters. The lowest BCUT2D eigenvalue weighted by Crippen LogP contribution is -2.44. The number of rotatable bonds is 4. The minimum atomic E-state index is -0.358. The van der Waals surface area contributed by atoms with Crippen LogP contribution < -0.4 is 0 Å². The smallest absolute Gasteiger partial charge is 0.236 e. The van der Waals surface area contributed by atoms with E-state index in [1.165, 1.54) is 6.07 Å². The summed E-state index contributed by atoms with van der Waals surface area (Å²) in [4.78, 5) is 15.6. The largest absolute Gasteiger partial charge is 0.393 e. The van der Waals surface area contributed by atoms with Crippen molar-refractivity contribution in [3.8, 4) is 0 Å². The van der Waals surface area contributed by atoms with Crippen LogP contribution in [0.2, 0.25) is 5.02 Å². The van der Waals surface area contributed by atoms with Crippen LogP contribution in [-0.4, -0.2) is 53.6 Å². The Balaban J connectivity index is 1.89. The molecule has 4 nitrogen and oxygen atoms in total. The first kappa shape index (κ1) is 16.2.